The summed E-state index contributed by atoms with van der Waals surface area (Å²) in [7, 11) is 0. The molecule has 0 bridgehead atoms. The smallest absolute Gasteiger partial charge is 0.220 e. The maximum absolute atomic E-state index is 13.8. The van der Waals surface area contributed by atoms with E-state index in [9.17, 15) is 9.18 Å². The average Bonchev–Trinajstić information content (AvgIpc) is 3.14. The van der Waals surface area contributed by atoms with Gasteiger partial charge in [0.15, 0.2) is 0 Å². The Hall–Kier alpha value is -2.18. The first kappa shape index (κ1) is 20.6. The van der Waals surface area contributed by atoms with Crippen LogP contribution < -0.4 is 5.32 Å². The van der Waals surface area contributed by atoms with E-state index in [0.717, 1.165) is 19.6 Å². The number of ether oxygens (including phenoxy) is 1. The molecule has 1 atom stereocenters. The van der Waals surface area contributed by atoms with E-state index in [1.807, 2.05) is 0 Å². The first-order chi connectivity index (χ1) is 13.5. The average molecular weight is 388 g/mol. The SMILES string of the molecule is CC(C)CN1CCOC(CNC(=O)CCc2ccc(-c3ccccc3F)o2)C1. The highest BCUT2D eigenvalue weighted by Gasteiger charge is 2.21. The van der Waals surface area contributed by atoms with Crippen LogP contribution in [0.3, 0.4) is 0 Å². The van der Waals surface area contributed by atoms with E-state index < -0.39 is 0 Å². The number of nitrogens with zero attached hydrogens (tertiary/aromatic N) is 1. The molecule has 0 saturated carbocycles. The van der Waals surface area contributed by atoms with Gasteiger partial charge in [-0.05, 0) is 30.2 Å². The number of carbonyl (C=O) groups is 1. The van der Waals surface area contributed by atoms with Gasteiger partial charge < -0.3 is 14.5 Å². The number of aryl methyl sites for hydroxylation is 1. The number of hydrogen-bond donors (Lipinski definition) is 1. The van der Waals surface area contributed by atoms with Crippen molar-refractivity contribution in [1.82, 2.24) is 10.2 Å². The van der Waals surface area contributed by atoms with Gasteiger partial charge in [0, 0.05) is 39.0 Å². The van der Waals surface area contributed by atoms with Crippen molar-refractivity contribution in [3.63, 3.8) is 0 Å². The summed E-state index contributed by atoms with van der Waals surface area (Å²) in [5.74, 6) is 1.42. The first-order valence-corrected chi connectivity index (χ1v) is 9.95. The molecule has 152 valence electrons. The minimum Gasteiger partial charge on any atom is -0.461 e. The minimum absolute atomic E-state index is 0.0339. The molecule has 1 aliphatic heterocycles. The number of furan rings is 1. The summed E-state index contributed by atoms with van der Waals surface area (Å²) < 4.78 is 25.3. The van der Waals surface area contributed by atoms with Gasteiger partial charge in [-0.15, -0.1) is 0 Å². The Kier molecular flexibility index (Phi) is 7.23. The van der Waals surface area contributed by atoms with Crippen LogP contribution in [0, 0.1) is 11.7 Å². The minimum atomic E-state index is -0.319. The predicted molar refractivity (Wildman–Crippen MR) is 106 cm³/mol. The fraction of sp³-hybridized carbons (Fsp3) is 0.500. The summed E-state index contributed by atoms with van der Waals surface area (Å²) >= 11 is 0. The number of carbonyl (C=O) groups excluding carboxylic acids is 1. The van der Waals surface area contributed by atoms with Gasteiger partial charge >= 0.3 is 0 Å². The Bertz CT molecular complexity index is 775. The maximum atomic E-state index is 13.8. The summed E-state index contributed by atoms with van der Waals surface area (Å²) in [5.41, 5.74) is 0.429. The fourth-order valence-electron chi connectivity index (χ4n) is 3.46. The molecule has 2 heterocycles. The molecule has 1 amide bonds. The molecule has 1 fully saturated rings. The maximum Gasteiger partial charge on any atom is 0.220 e. The van der Waals surface area contributed by atoms with Gasteiger partial charge in [0.1, 0.15) is 17.3 Å². The van der Waals surface area contributed by atoms with Crippen molar-refractivity contribution in [2.24, 2.45) is 5.92 Å². The van der Waals surface area contributed by atoms with Crippen molar-refractivity contribution in [3.8, 4) is 11.3 Å². The van der Waals surface area contributed by atoms with Crippen LogP contribution >= 0.6 is 0 Å². The molecule has 0 aliphatic carbocycles. The lowest BCUT2D eigenvalue weighted by Gasteiger charge is -2.33. The van der Waals surface area contributed by atoms with Crippen molar-refractivity contribution in [1.29, 1.82) is 0 Å². The second-order valence-electron chi connectivity index (χ2n) is 7.70. The molecule has 1 saturated heterocycles. The Morgan fingerprint density at radius 2 is 2.11 bits per heavy atom. The van der Waals surface area contributed by atoms with Crippen molar-refractivity contribution in [2.45, 2.75) is 32.8 Å². The van der Waals surface area contributed by atoms with E-state index in [4.69, 9.17) is 9.15 Å². The van der Waals surface area contributed by atoms with Crippen LogP contribution in [0.2, 0.25) is 0 Å². The third-order valence-electron chi connectivity index (χ3n) is 4.77. The third kappa shape index (κ3) is 5.91. The fourth-order valence-corrected chi connectivity index (χ4v) is 3.46. The summed E-state index contributed by atoms with van der Waals surface area (Å²) in [5, 5.41) is 2.95. The summed E-state index contributed by atoms with van der Waals surface area (Å²) in [4.78, 5) is 14.6. The third-order valence-corrected chi connectivity index (χ3v) is 4.77. The highest BCUT2D eigenvalue weighted by atomic mass is 19.1. The molecule has 0 radical (unpaired) electrons. The second kappa shape index (κ2) is 9.85. The van der Waals surface area contributed by atoms with Gasteiger partial charge in [-0.3, -0.25) is 9.69 Å². The van der Waals surface area contributed by atoms with Crippen molar-refractivity contribution >= 4 is 5.91 Å². The van der Waals surface area contributed by atoms with Gasteiger partial charge in [0.2, 0.25) is 5.91 Å². The number of halogens is 1. The zero-order valence-electron chi connectivity index (χ0n) is 16.6. The number of benzene rings is 1. The van der Waals surface area contributed by atoms with Crippen LogP contribution in [0.1, 0.15) is 26.0 Å². The molecule has 28 heavy (non-hydrogen) atoms. The highest BCUT2D eigenvalue weighted by Crippen LogP contribution is 2.25. The Labute approximate surface area is 165 Å². The summed E-state index contributed by atoms with van der Waals surface area (Å²) in [6.07, 6.45) is 0.838. The zero-order chi connectivity index (χ0) is 19.9. The lowest BCUT2D eigenvalue weighted by atomic mass is 10.1. The first-order valence-electron chi connectivity index (χ1n) is 9.95. The van der Waals surface area contributed by atoms with Crippen LogP contribution in [0.4, 0.5) is 4.39 Å². The molecule has 3 rings (SSSR count). The largest absolute Gasteiger partial charge is 0.461 e. The molecule has 6 heteroatoms. The van der Waals surface area contributed by atoms with Crippen LogP contribution in [-0.2, 0) is 16.0 Å². The van der Waals surface area contributed by atoms with Crippen molar-refractivity contribution < 1.29 is 18.3 Å². The molecule has 5 nitrogen and oxygen atoms in total. The van der Waals surface area contributed by atoms with Crippen molar-refractivity contribution in [2.75, 3.05) is 32.8 Å². The standard InChI is InChI=1S/C22H29FN2O3/c1-16(2)14-25-11-12-27-18(15-25)13-24-22(26)10-8-17-7-9-21(28-17)19-5-3-4-6-20(19)23/h3-7,9,16,18H,8,10-15H2,1-2H3,(H,24,26). The van der Waals surface area contributed by atoms with E-state index in [0.29, 0.717) is 49.0 Å². The summed E-state index contributed by atoms with van der Waals surface area (Å²) in [6.45, 7) is 8.49. The molecule has 1 aromatic carbocycles. The van der Waals surface area contributed by atoms with Crippen LogP contribution in [0.5, 0.6) is 0 Å². The normalized spacial score (nSPS) is 17.8. The van der Waals surface area contributed by atoms with Crippen molar-refractivity contribution in [3.05, 3.63) is 48.0 Å². The van der Waals surface area contributed by atoms with E-state index >= 15 is 0 Å². The van der Waals surface area contributed by atoms with Gasteiger partial charge in [-0.25, -0.2) is 4.39 Å². The van der Waals surface area contributed by atoms with Gasteiger partial charge in [-0.1, -0.05) is 26.0 Å². The number of amides is 1. The molecule has 1 aliphatic rings. The molecule has 0 spiro atoms. The number of nitrogens with one attached hydrogen (secondary N) is 1. The summed E-state index contributed by atoms with van der Waals surface area (Å²) in [6, 6.07) is 10.0. The van der Waals surface area contributed by atoms with Crippen LogP contribution in [0.25, 0.3) is 11.3 Å². The molecule has 2 aromatic rings. The predicted octanol–water partition coefficient (Wildman–Crippen LogP) is 3.49. The quantitative estimate of drug-likeness (QED) is 0.752. The molecular formula is C22H29FN2O3. The van der Waals surface area contributed by atoms with Gasteiger partial charge in [-0.2, -0.15) is 0 Å². The zero-order valence-corrected chi connectivity index (χ0v) is 16.6. The van der Waals surface area contributed by atoms with Crippen LogP contribution in [-0.4, -0.2) is 49.7 Å². The Morgan fingerprint density at radius 1 is 1.29 bits per heavy atom. The molecule has 1 aromatic heterocycles. The number of rotatable bonds is 8. The van der Waals surface area contributed by atoms with E-state index in [1.165, 1.54) is 6.07 Å². The lowest BCUT2D eigenvalue weighted by molar-refractivity contribution is -0.122. The van der Waals surface area contributed by atoms with E-state index in [1.54, 1.807) is 30.3 Å². The van der Waals surface area contributed by atoms with Gasteiger partial charge in [0.25, 0.3) is 0 Å². The highest BCUT2D eigenvalue weighted by molar-refractivity contribution is 5.76. The van der Waals surface area contributed by atoms with E-state index in [-0.39, 0.29) is 17.8 Å². The molecule has 1 N–H and O–H groups in total. The number of hydrogen-bond acceptors (Lipinski definition) is 4. The topological polar surface area (TPSA) is 54.7 Å². The van der Waals surface area contributed by atoms with Crippen LogP contribution in [0.15, 0.2) is 40.8 Å². The number of morpholine rings is 1. The second-order valence-corrected chi connectivity index (χ2v) is 7.70. The molecular weight excluding hydrogens is 359 g/mol. The Morgan fingerprint density at radius 3 is 2.89 bits per heavy atom. The van der Waals surface area contributed by atoms with Gasteiger partial charge in [0.05, 0.1) is 18.3 Å². The lowest BCUT2D eigenvalue weighted by Crippen LogP contribution is -2.48. The monoisotopic (exact) mass is 388 g/mol. The molecule has 1 unspecified atom stereocenters. The van der Waals surface area contributed by atoms with E-state index in [2.05, 4.69) is 24.1 Å². The Balaban J connectivity index is 1.42.